The van der Waals surface area contributed by atoms with Crippen LogP contribution < -0.4 is 10.9 Å². The van der Waals surface area contributed by atoms with E-state index in [0.717, 1.165) is 10.9 Å². The normalized spacial score (nSPS) is 11.2. The number of hydrogen-bond donors (Lipinski definition) is 1. The van der Waals surface area contributed by atoms with E-state index < -0.39 is 11.6 Å². The van der Waals surface area contributed by atoms with Crippen LogP contribution in [0.2, 0.25) is 0 Å². The molecule has 0 unspecified atom stereocenters. The van der Waals surface area contributed by atoms with E-state index in [9.17, 15) is 18.4 Å². The van der Waals surface area contributed by atoms with Gasteiger partial charge in [0.1, 0.15) is 17.3 Å². The van der Waals surface area contributed by atoms with Crippen LogP contribution in [-0.4, -0.2) is 20.3 Å². The van der Waals surface area contributed by atoms with E-state index in [1.807, 2.05) is 13.8 Å². The van der Waals surface area contributed by atoms with Gasteiger partial charge < -0.3 is 5.32 Å². The number of nitrogens with zero attached hydrogens (tertiary/aromatic N) is 3. The lowest BCUT2D eigenvalue weighted by atomic mass is 10.0. The zero-order chi connectivity index (χ0) is 23.0. The van der Waals surface area contributed by atoms with Gasteiger partial charge in [-0.2, -0.15) is 5.10 Å². The fourth-order valence-electron chi connectivity index (χ4n) is 3.98. The number of carbonyl (C=O) groups excluding carboxylic acids is 1. The summed E-state index contributed by atoms with van der Waals surface area (Å²) in [6.07, 6.45) is 0.287. The number of aromatic nitrogens is 3. The highest BCUT2D eigenvalue weighted by Crippen LogP contribution is 2.26. The van der Waals surface area contributed by atoms with Crippen molar-refractivity contribution in [2.24, 2.45) is 7.05 Å². The molecule has 0 radical (unpaired) electrons. The van der Waals surface area contributed by atoms with Gasteiger partial charge in [-0.15, -0.1) is 0 Å². The Morgan fingerprint density at radius 1 is 1.06 bits per heavy atom. The fraction of sp³-hybridized carbons (Fsp3) is 0.208. The highest BCUT2D eigenvalue weighted by molar-refractivity contribution is 5.91. The smallest absolute Gasteiger partial charge is 0.255 e. The van der Waals surface area contributed by atoms with E-state index in [0.29, 0.717) is 28.3 Å². The van der Waals surface area contributed by atoms with Crippen LogP contribution in [0.5, 0.6) is 0 Å². The summed E-state index contributed by atoms with van der Waals surface area (Å²) >= 11 is 0. The lowest BCUT2D eigenvalue weighted by Gasteiger charge is -2.13. The molecule has 4 aromatic rings. The van der Waals surface area contributed by atoms with Gasteiger partial charge in [-0.05, 0) is 62.2 Å². The van der Waals surface area contributed by atoms with Gasteiger partial charge in [-0.3, -0.25) is 14.2 Å². The molecule has 2 aromatic carbocycles. The van der Waals surface area contributed by atoms with Crippen molar-refractivity contribution in [3.8, 4) is 5.69 Å². The molecule has 0 bridgehead atoms. The number of anilines is 1. The SMILES string of the molecule is Cc1nn(-c2cccc(F)c2)c2c1c(C)c(CCC(=O)Nc1cccc(F)c1)c(=O)n2C. The molecule has 2 aromatic heterocycles. The summed E-state index contributed by atoms with van der Waals surface area (Å²) in [6, 6.07) is 11.7. The van der Waals surface area contributed by atoms with Crippen LogP contribution in [0, 0.1) is 25.5 Å². The molecule has 0 fully saturated rings. The van der Waals surface area contributed by atoms with Gasteiger partial charge in [0.15, 0.2) is 0 Å². The summed E-state index contributed by atoms with van der Waals surface area (Å²) in [5.74, 6) is -1.15. The van der Waals surface area contributed by atoms with Crippen LogP contribution in [0.25, 0.3) is 16.7 Å². The van der Waals surface area contributed by atoms with Gasteiger partial charge in [-0.1, -0.05) is 12.1 Å². The summed E-state index contributed by atoms with van der Waals surface area (Å²) in [5, 5.41) is 7.97. The molecule has 6 nitrogen and oxygen atoms in total. The third-order valence-electron chi connectivity index (χ3n) is 5.51. The molecule has 0 spiro atoms. The van der Waals surface area contributed by atoms with Gasteiger partial charge in [-0.25, -0.2) is 13.5 Å². The minimum atomic E-state index is -0.441. The molecule has 2 heterocycles. The first kappa shape index (κ1) is 21.4. The van der Waals surface area contributed by atoms with E-state index in [4.69, 9.17) is 0 Å². The first-order chi connectivity index (χ1) is 15.3. The molecule has 0 saturated carbocycles. The number of hydrogen-bond acceptors (Lipinski definition) is 3. The maximum Gasteiger partial charge on any atom is 0.255 e. The van der Waals surface area contributed by atoms with Crippen molar-refractivity contribution in [3.05, 3.63) is 87.3 Å². The number of halogens is 2. The second-order valence-corrected chi connectivity index (χ2v) is 7.70. The van der Waals surface area contributed by atoms with Gasteiger partial charge in [0, 0.05) is 30.1 Å². The van der Waals surface area contributed by atoms with Gasteiger partial charge in [0.05, 0.1) is 11.4 Å². The van der Waals surface area contributed by atoms with Gasteiger partial charge in [0.25, 0.3) is 5.56 Å². The van der Waals surface area contributed by atoms with Gasteiger partial charge in [0.2, 0.25) is 5.91 Å². The van der Waals surface area contributed by atoms with Crippen molar-refractivity contribution >= 4 is 22.6 Å². The molecule has 1 N–H and O–H groups in total. The molecule has 0 aliphatic rings. The summed E-state index contributed by atoms with van der Waals surface area (Å²) in [4.78, 5) is 25.5. The minimum absolute atomic E-state index is 0.0647. The molecule has 32 heavy (non-hydrogen) atoms. The van der Waals surface area contributed by atoms with Crippen LogP contribution in [0.3, 0.4) is 0 Å². The van der Waals surface area contributed by atoms with Crippen LogP contribution in [-0.2, 0) is 18.3 Å². The number of benzene rings is 2. The molecule has 1 amide bonds. The Hall–Kier alpha value is -3.81. The zero-order valence-electron chi connectivity index (χ0n) is 17.9. The molecule has 4 rings (SSSR count). The molecular formula is C24H22F2N4O2. The number of pyridine rings is 1. The monoisotopic (exact) mass is 436 g/mol. The second-order valence-electron chi connectivity index (χ2n) is 7.70. The Morgan fingerprint density at radius 2 is 1.75 bits per heavy atom. The number of carbonyl (C=O) groups is 1. The van der Waals surface area contributed by atoms with E-state index >= 15 is 0 Å². The third-order valence-corrected chi connectivity index (χ3v) is 5.51. The van der Waals surface area contributed by atoms with Gasteiger partial charge >= 0.3 is 0 Å². The highest BCUT2D eigenvalue weighted by Gasteiger charge is 2.20. The Morgan fingerprint density at radius 3 is 2.44 bits per heavy atom. The number of amides is 1. The van der Waals surface area contributed by atoms with Crippen molar-refractivity contribution in [3.63, 3.8) is 0 Å². The number of fused-ring (bicyclic) bond motifs is 1. The summed E-state index contributed by atoms with van der Waals surface area (Å²) < 4.78 is 30.1. The van der Waals surface area contributed by atoms with Crippen LogP contribution in [0.4, 0.5) is 14.5 Å². The molecule has 8 heteroatoms. The Labute approximate surface area is 183 Å². The van der Waals surface area contributed by atoms with E-state index in [2.05, 4.69) is 10.4 Å². The fourth-order valence-corrected chi connectivity index (χ4v) is 3.98. The number of aryl methyl sites for hydroxylation is 3. The maximum absolute atomic E-state index is 13.8. The predicted molar refractivity (Wildman–Crippen MR) is 119 cm³/mol. The third kappa shape index (κ3) is 3.91. The molecule has 0 aliphatic carbocycles. The standard InChI is InChI=1S/C24H22F2N4O2/c1-14-20(10-11-21(31)27-18-8-4-6-16(25)12-18)24(32)29(3)23-22(14)15(2)28-30(23)19-9-5-7-17(26)13-19/h4-9,12-13H,10-11H2,1-3H3,(H,27,31). The Kier molecular flexibility index (Phi) is 5.61. The molecule has 0 aliphatic heterocycles. The average Bonchev–Trinajstić information content (AvgIpc) is 3.09. The maximum atomic E-state index is 13.8. The lowest BCUT2D eigenvalue weighted by Crippen LogP contribution is -2.25. The van der Waals surface area contributed by atoms with E-state index in [1.54, 1.807) is 29.9 Å². The Balaban J connectivity index is 1.69. The largest absolute Gasteiger partial charge is 0.326 e. The average molecular weight is 436 g/mol. The molecule has 164 valence electrons. The van der Waals surface area contributed by atoms with Crippen molar-refractivity contribution in [1.29, 1.82) is 0 Å². The molecule has 0 saturated heterocycles. The van der Waals surface area contributed by atoms with Crippen molar-refractivity contribution in [1.82, 2.24) is 14.3 Å². The zero-order valence-corrected chi connectivity index (χ0v) is 17.9. The lowest BCUT2D eigenvalue weighted by molar-refractivity contribution is -0.116. The second kappa shape index (κ2) is 8.37. The van der Waals surface area contributed by atoms with Crippen LogP contribution in [0.15, 0.2) is 53.3 Å². The highest BCUT2D eigenvalue weighted by atomic mass is 19.1. The molecule has 0 atom stereocenters. The summed E-state index contributed by atoms with van der Waals surface area (Å²) in [7, 11) is 1.64. The van der Waals surface area contributed by atoms with Crippen molar-refractivity contribution in [2.75, 3.05) is 5.32 Å². The molecular weight excluding hydrogens is 414 g/mol. The Bertz CT molecular complexity index is 1410. The summed E-state index contributed by atoms with van der Waals surface area (Å²) in [5.41, 5.74) is 3.14. The minimum Gasteiger partial charge on any atom is -0.326 e. The van der Waals surface area contributed by atoms with Crippen LogP contribution in [0.1, 0.15) is 23.2 Å². The topological polar surface area (TPSA) is 68.9 Å². The number of rotatable bonds is 5. The predicted octanol–water partition coefficient (Wildman–Crippen LogP) is 4.19. The first-order valence-electron chi connectivity index (χ1n) is 10.2. The number of nitrogens with one attached hydrogen (secondary N) is 1. The van der Waals surface area contributed by atoms with Crippen molar-refractivity contribution in [2.45, 2.75) is 26.7 Å². The summed E-state index contributed by atoms with van der Waals surface area (Å²) in [6.45, 7) is 3.66. The van der Waals surface area contributed by atoms with E-state index in [-0.39, 0.29) is 24.3 Å². The quantitative estimate of drug-likeness (QED) is 0.510. The van der Waals surface area contributed by atoms with E-state index in [1.165, 1.54) is 34.9 Å². The first-order valence-corrected chi connectivity index (χ1v) is 10.2. The van der Waals surface area contributed by atoms with Crippen LogP contribution >= 0.6 is 0 Å². The van der Waals surface area contributed by atoms with Crippen molar-refractivity contribution < 1.29 is 13.6 Å².